The molecule has 2 heterocycles. The molecule has 0 radical (unpaired) electrons. The van der Waals surface area contributed by atoms with Crippen LogP contribution in [0.2, 0.25) is 0 Å². The van der Waals surface area contributed by atoms with E-state index in [2.05, 4.69) is 41.0 Å². The Morgan fingerprint density at radius 3 is 3.13 bits per heavy atom. The standard InChI is InChI=1S/C11H16N2S2/c1-8(5-10-3-4-14-7-10)12-11-13-9(2)6-15-11/h3-4,7-9H,5-6H2,1-2H3,(H,12,13). The summed E-state index contributed by atoms with van der Waals surface area (Å²) in [5, 5.41) is 8.92. The zero-order valence-corrected chi connectivity index (χ0v) is 10.7. The van der Waals surface area contributed by atoms with Gasteiger partial charge in [0.2, 0.25) is 0 Å². The number of nitrogens with zero attached hydrogens (tertiary/aromatic N) is 1. The maximum atomic E-state index is 4.53. The van der Waals surface area contributed by atoms with E-state index in [0.29, 0.717) is 12.1 Å². The van der Waals surface area contributed by atoms with E-state index in [4.69, 9.17) is 0 Å². The molecule has 2 rings (SSSR count). The number of amidine groups is 1. The first-order valence-electron chi connectivity index (χ1n) is 5.22. The SMILES string of the molecule is CC1CSC(NC(C)Cc2ccsc2)=N1. The van der Waals surface area contributed by atoms with Gasteiger partial charge in [-0.25, -0.2) is 0 Å². The van der Waals surface area contributed by atoms with Crippen molar-refractivity contribution >= 4 is 28.3 Å². The van der Waals surface area contributed by atoms with Gasteiger partial charge in [0.05, 0.1) is 6.04 Å². The lowest BCUT2D eigenvalue weighted by atomic mass is 10.1. The second-order valence-corrected chi connectivity index (χ2v) is 5.76. The van der Waals surface area contributed by atoms with E-state index in [0.717, 1.165) is 17.3 Å². The Balaban J connectivity index is 1.82. The van der Waals surface area contributed by atoms with Crippen molar-refractivity contribution in [1.29, 1.82) is 0 Å². The summed E-state index contributed by atoms with van der Waals surface area (Å²) in [6.45, 7) is 4.37. The molecule has 0 aromatic carbocycles. The zero-order chi connectivity index (χ0) is 10.7. The Labute approximate surface area is 99.2 Å². The van der Waals surface area contributed by atoms with Crippen LogP contribution in [0.4, 0.5) is 0 Å². The van der Waals surface area contributed by atoms with Gasteiger partial charge in [0.15, 0.2) is 5.17 Å². The molecule has 0 saturated carbocycles. The summed E-state index contributed by atoms with van der Waals surface area (Å²) in [5.41, 5.74) is 1.41. The summed E-state index contributed by atoms with van der Waals surface area (Å²) in [6.07, 6.45) is 1.08. The molecule has 1 N–H and O–H groups in total. The van der Waals surface area contributed by atoms with Crippen molar-refractivity contribution in [3.05, 3.63) is 22.4 Å². The van der Waals surface area contributed by atoms with Gasteiger partial charge >= 0.3 is 0 Å². The van der Waals surface area contributed by atoms with Crippen LogP contribution in [0, 0.1) is 0 Å². The molecule has 4 heteroatoms. The van der Waals surface area contributed by atoms with Crippen LogP contribution >= 0.6 is 23.1 Å². The highest BCUT2D eigenvalue weighted by atomic mass is 32.2. The third-order valence-corrected chi connectivity index (χ3v) is 4.17. The first-order valence-corrected chi connectivity index (χ1v) is 7.15. The molecule has 1 aliphatic rings. The minimum Gasteiger partial charge on any atom is -0.362 e. The minimum absolute atomic E-state index is 0.469. The molecule has 82 valence electrons. The highest BCUT2D eigenvalue weighted by Gasteiger charge is 2.15. The Kier molecular flexibility index (Phi) is 3.70. The molecule has 0 saturated heterocycles. The summed E-state index contributed by atoms with van der Waals surface area (Å²) in [5.74, 6) is 1.12. The molecule has 0 bridgehead atoms. The summed E-state index contributed by atoms with van der Waals surface area (Å²) in [7, 11) is 0. The van der Waals surface area contributed by atoms with Crippen molar-refractivity contribution in [2.24, 2.45) is 4.99 Å². The normalized spacial score (nSPS) is 22.5. The van der Waals surface area contributed by atoms with E-state index in [9.17, 15) is 0 Å². The fourth-order valence-electron chi connectivity index (χ4n) is 1.58. The van der Waals surface area contributed by atoms with E-state index >= 15 is 0 Å². The Bertz CT molecular complexity index is 332. The van der Waals surface area contributed by atoms with E-state index < -0.39 is 0 Å². The molecular weight excluding hydrogens is 224 g/mol. The van der Waals surface area contributed by atoms with Crippen LogP contribution in [0.25, 0.3) is 0 Å². The van der Waals surface area contributed by atoms with Crippen LogP contribution in [0.3, 0.4) is 0 Å². The third-order valence-electron chi connectivity index (χ3n) is 2.29. The molecule has 15 heavy (non-hydrogen) atoms. The second kappa shape index (κ2) is 5.03. The van der Waals surface area contributed by atoms with Gasteiger partial charge in [-0.3, -0.25) is 4.99 Å². The van der Waals surface area contributed by atoms with E-state index in [1.807, 2.05) is 11.8 Å². The lowest BCUT2D eigenvalue weighted by molar-refractivity contribution is 0.664. The Morgan fingerprint density at radius 1 is 1.67 bits per heavy atom. The van der Waals surface area contributed by atoms with Gasteiger partial charge in [0.1, 0.15) is 0 Å². The van der Waals surface area contributed by atoms with E-state index in [1.54, 1.807) is 11.3 Å². The average molecular weight is 240 g/mol. The van der Waals surface area contributed by atoms with Crippen molar-refractivity contribution in [1.82, 2.24) is 5.32 Å². The summed E-state index contributed by atoms with van der Waals surface area (Å²) in [6, 6.07) is 3.14. The van der Waals surface area contributed by atoms with Gasteiger partial charge in [-0.05, 0) is 42.7 Å². The van der Waals surface area contributed by atoms with Crippen molar-refractivity contribution < 1.29 is 0 Å². The molecule has 0 aliphatic carbocycles. The third kappa shape index (κ3) is 3.24. The highest BCUT2D eigenvalue weighted by molar-refractivity contribution is 8.14. The number of hydrogen-bond donors (Lipinski definition) is 1. The minimum atomic E-state index is 0.469. The molecule has 0 spiro atoms. The van der Waals surface area contributed by atoms with Crippen molar-refractivity contribution in [3.63, 3.8) is 0 Å². The van der Waals surface area contributed by atoms with E-state index in [1.165, 1.54) is 5.56 Å². The number of rotatable bonds is 3. The van der Waals surface area contributed by atoms with Gasteiger partial charge in [-0.1, -0.05) is 11.8 Å². The first kappa shape index (κ1) is 11.0. The van der Waals surface area contributed by atoms with Crippen molar-refractivity contribution in [2.45, 2.75) is 32.4 Å². The number of nitrogens with one attached hydrogen (secondary N) is 1. The fraction of sp³-hybridized carbons (Fsp3) is 0.545. The maximum Gasteiger partial charge on any atom is 0.157 e. The molecule has 1 aliphatic heterocycles. The lowest BCUT2D eigenvalue weighted by Gasteiger charge is -2.13. The quantitative estimate of drug-likeness (QED) is 0.878. The van der Waals surface area contributed by atoms with Crippen LogP contribution in [0.5, 0.6) is 0 Å². The predicted molar refractivity (Wildman–Crippen MR) is 70.0 cm³/mol. The predicted octanol–water partition coefficient (Wildman–Crippen LogP) is 2.76. The number of aliphatic imine (C=N–C) groups is 1. The molecule has 1 aromatic heterocycles. The second-order valence-electron chi connectivity index (χ2n) is 3.98. The highest BCUT2D eigenvalue weighted by Crippen LogP contribution is 2.17. The van der Waals surface area contributed by atoms with Crippen LogP contribution in [0.1, 0.15) is 19.4 Å². The van der Waals surface area contributed by atoms with Gasteiger partial charge in [-0.15, -0.1) is 0 Å². The van der Waals surface area contributed by atoms with Gasteiger partial charge in [-0.2, -0.15) is 11.3 Å². The summed E-state index contributed by atoms with van der Waals surface area (Å²) in [4.78, 5) is 4.53. The lowest BCUT2D eigenvalue weighted by Crippen LogP contribution is -2.31. The summed E-state index contributed by atoms with van der Waals surface area (Å²) >= 11 is 3.59. The molecule has 2 atom stereocenters. The molecule has 2 unspecified atom stereocenters. The van der Waals surface area contributed by atoms with Crippen LogP contribution in [-0.4, -0.2) is 23.0 Å². The Morgan fingerprint density at radius 2 is 2.53 bits per heavy atom. The number of thioether (sulfide) groups is 1. The smallest absolute Gasteiger partial charge is 0.157 e. The number of thiophene rings is 1. The zero-order valence-electron chi connectivity index (χ0n) is 9.06. The topological polar surface area (TPSA) is 24.4 Å². The molecule has 1 aromatic rings. The fourth-order valence-corrected chi connectivity index (χ4v) is 3.27. The maximum absolute atomic E-state index is 4.53. The molecule has 0 fully saturated rings. The first-order chi connectivity index (χ1) is 7.24. The van der Waals surface area contributed by atoms with Crippen LogP contribution in [-0.2, 0) is 6.42 Å². The largest absolute Gasteiger partial charge is 0.362 e. The van der Waals surface area contributed by atoms with Crippen LogP contribution in [0.15, 0.2) is 21.8 Å². The van der Waals surface area contributed by atoms with Crippen molar-refractivity contribution in [3.8, 4) is 0 Å². The van der Waals surface area contributed by atoms with Crippen LogP contribution < -0.4 is 5.32 Å². The van der Waals surface area contributed by atoms with Gasteiger partial charge in [0.25, 0.3) is 0 Å². The number of hydrogen-bond acceptors (Lipinski definition) is 4. The van der Waals surface area contributed by atoms with Crippen molar-refractivity contribution in [2.75, 3.05) is 5.75 Å². The molecule has 2 nitrogen and oxygen atoms in total. The van der Waals surface area contributed by atoms with Gasteiger partial charge < -0.3 is 5.32 Å². The molecular formula is C11H16N2S2. The van der Waals surface area contributed by atoms with Gasteiger partial charge in [0, 0.05) is 11.8 Å². The monoisotopic (exact) mass is 240 g/mol. The average Bonchev–Trinajstić information content (AvgIpc) is 2.77. The molecule has 0 amide bonds. The Hall–Kier alpha value is -0.480. The van der Waals surface area contributed by atoms with E-state index in [-0.39, 0.29) is 0 Å². The summed E-state index contributed by atoms with van der Waals surface area (Å²) < 4.78 is 0.